The molecule has 0 aliphatic carbocycles. The quantitative estimate of drug-likeness (QED) is 0.348. The van der Waals surface area contributed by atoms with Crippen molar-refractivity contribution in [2.24, 2.45) is 0 Å². The number of hydrogen-bond donors (Lipinski definition) is 4. The van der Waals surface area contributed by atoms with Gasteiger partial charge in [-0.15, -0.1) is 0 Å². The molecular weight excluding hydrogens is 211 g/mol. The lowest BCUT2D eigenvalue weighted by Crippen LogP contribution is -2.17. The maximum absolute atomic E-state index is 8.67. The summed E-state index contributed by atoms with van der Waals surface area (Å²) in [5.41, 5.74) is 0. The second kappa shape index (κ2) is 9.02. The summed E-state index contributed by atoms with van der Waals surface area (Å²) in [5, 5.41) is 33.6. The number of aromatic hydroxyl groups is 2. The molecule has 6 heteroatoms. The first-order valence-electron chi connectivity index (χ1n) is 5.02. The minimum atomic E-state index is -1.60. The molecule has 0 saturated carbocycles. The van der Waals surface area contributed by atoms with E-state index in [1.807, 2.05) is 6.92 Å². The second-order valence-corrected chi connectivity index (χ2v) is 3.04. The standard InChI is InChI=1S/C6H6O2.C4H11BO3/c7-5-3-1-2-4-6(5)8;1-2-3-4-8-5(6)7/h1-4,7-8H;6-7H,2-4H2,1H3. The molecule has 1 aromatic rings. The summed E-state index contributed by atoms with van der Waals surface area (Å²) in [4.78, 5) is 0. The number of para-hydroxylation sites is 2. The van der Waals surface area contributed by atoms with E-state index in [0.717, 1.165) is 12.8 Å². The van der Waals surface area contributed by atoms with Gasteiger partial charge < -0.3 is 24.9 Å². The van der Waals surface area contributed by atoms with Crippen LogP contribution in [-0.4, -0.2) is 34.2 Å². The first kappa shape index (κ1) is 14.8. The zero-order chi connectivity index (χ0) is 12.4. The van der Waals surface area contributed by atoms with Crippen LogP contribution in [-0.2, 0) is 4.65 Å². The topological polar surface area (TPSA) is 90.2 Å². The largest absolute Gasteiger partial charge is 0.633 e. The van der Waals surface area contributed by atoms with Crippen LogP contribution in [0.4, 0.5) is 0 Å². The van der Waals surface area contributed by atoms with Gasteiger partial charge in [0.25, 0.3) is 0 Å². The second-order valence-electron chi connectivity index (χ2n) is 3.04. The number of phenolic OH excluding ortho intramolecular Hbond substituents is 2. The molecule has 5 nitrogen and oxygen atoms in total. The third-order valence-electron chi connectivity index (χ3n) is 1.65. The summed E-state index contributed by atoms with van der Waals surface area (Å²) in [6, 6.07) is 6.15. The molecular formula is C10H17BO5. The molecule has 0 amide bonds. The molecule has 0 radical (unpaired) electrons. The molecule has 0 aliphatic rings. The van der Waals surface area contributed by atoms with Gasteiger partial charge in [-0.2, -0.15) is 0 Å². The van der Waals surface area contributed by atoms with Gasteiger partial charge in [-0.25, -0.2) is 0 Å². The van der Waals surface area contributed by atoms with Crippen LogP contribution in [0.1, 0.15) is 19.8 Å². The Morgan fingerprint density at radius 3 is 1.94 bits per heavy atom. The molecule has 1 rings (SSSR count). The van der Waals surface area contributed by atoms with Crippen molar-refractivity contribution < 1.29 is 24.9 Å². The lowest BCUT2D eigenvalue weighted by atomic mass is 10.2. The van der Waals surface area contributed by atoms with Gasteiger partial charge in [0.1, 0.15) is 0 Å². The maximum atomic E-state index is 8.67. The molecule has 0 aromatic heterocycles. The highest BCUT2D eigenvalue weighted by molar-refractivity contribution is 6.32. The number of phenols is 2. The normalized spacial score (nSPS) is 9.19. The maximum Gasteiger partial charge on any atom is 0.633 e. The Balaban J connectivity index is 0.000000281. The van der Waals surface area contributed by atoms with Crippen molar-refractivity contribution in [3.8, 4) is 11.5 Å². The van der Waals surface area contributed by atoms with Crippen molar-refractivity contribution in [3.63, 3.8) is 0 Å². The highest BCUT2D eigenvalue weighted by atomic mass is 16.6. The third-order valence-corrected chi connectivity index (χ3v) is 1.65. The van der Waals surface area contributed by atoms with Crippen LogP contribution >= 0.6 is 0 Å². The summed E-state index contributed by atoms with van der Waals surface area (Å²) < 4.78 is 4.39. The molecule has 4 N–H and O–H groups in total. The van der Waals surface area contributed by atoms with Crippen molar-refractivity contribution in [2.45, 2.75) is 19.8 Å². The lowest BCUT2D eigenvalue weighted by molar-refractivity contribution is 0.183. The van der Waals surface area contributed by atoms with Crippen LogP contribution < -0.4 is 0 Å². The van der Waals surface area contributed by atoms with Crippen LogP contribution in [0.5, 0.6) is 11.5 Å². The van der Waals surface area contributed by atoms with Gasteiger partial charge in [0.2, 0.25) is 0 Å². The van der Waals surface area contributed by atoms with Crippen LogP contribution in [0.3, 0.4) is 0 Å². The summed E-state index contributed by atoms with van der Waals surface area (Å²) in [5.74, 6) is -0.153. The third kappa shape index (κ3) is 8.10. The predicted octanol–water partition coefficient (Wildman–Crippen LogP) is 0.870. The summed E-state index contributed by atoms with van der Waals surface area (Å²) in [6.07, 6.45) is 1.88. The fourth-order valence-corrected chi connectivity index (χ4v) is 0.797. The van der Waals surface area contributed by atoms with Crippen LogP contribution in [0, 0.1) is 0 Å². The van der Waals surface area contributed by atoms with Crippen molar-refractivity contribution >= 4 is 7.32 Å². The minimum Gasteiger partial charge on any atom is -0.504 e. The van der Waals surface area contributed by atoms with E-state index in [2.05, 4.69) is 4.65 Å². The SMILES string of the molecule is CCCCOB(O)O.Oc1ccccc1O. The van der Waals surface area contributed by atoms with Gasteiger partial charge in [0, 0.05) is 6.61 Å². The Kier molecular flexibility index (Phi) is 8.33. The molecule has 90 valence electrons. The van der Waals surface area contributed by atoms with E-state index in [1.54, 1.807) is 12.1 Å². The van der Waals surface area contributed by atoms with Gasteiger partial charge in [0.15, 0.2) is 11.5 Å². The Hall–Kier alpha value is -1.24. The fourth-order valence-electron chi connectivity index (χ4n) is 0.797. The number of unbranched alkanes of at least 4 members (excludes halogenated alkanes) is 1. The van der Waals surface area contributed by atoms with E-state index >= 15 is 0 Å². The first-order chi connectivity index (χ1) is 7.57. The van der Waals surface area contributed by atoms with Crippen LogP contribution in [0.25, 0.3) is 0 Å². The molecule has 0 heterocycles. The smallest absolute Gasteiger partial charge is 0.504 e. The zero-order valence-electron chi connectivity index (χ0n) is 9.21. The van der Waals surface area contributed by atoms with E-state index in [-0.39, 0.29) is 11.5 Å². The van der Waals surface area contributed by atoms with Gasteiger partial charge in [-0.3, -0.25) is 0 Å². The highest BCUT2D eigenvalue weighted by Crippen LogP contribution is 2.21. The molecule has 0 saturated heterocycles. The number of hydrogen-bond acceptors (Lipinski definition) is 5. The molecule has 0 fully saturated rings. The predicted molar refractivity (Wildman–Crippen MR) is 60.8 cm³/mol. The molecule has 0 unspecified atom stereocenters. The van der Waals surface area contributed by atoms with Gasteiger partial charge in [-0.05, 0) is 18.6 Å². The fraction of sp³-hybridized carbons (Fsp3) is 0.400. The van der Waals surface area contributed by atoms with E-state index < -0.39 is 7.32 Å². The van der Waals surface area contributed by atoms with E-state index in [1.165, 1.54) is 12.1 Å². The van der Waals surface area contributed by atoms with Crippen molar-refractivity contribution in [1.82, 2.24) is 0 Å². The molecule has 0 spiro atoms. The van der Waals surface area contributed by atoms with E-state index in [0.29, 0.717) is 6.61 Å². The Labute approximate surface area is 95.1 Å². The van der Waals surface area contributed by atoms with Crippen molar-refractivity contribution in [1.29, 1.82) is 0 Å². The Bertz CT molecular complexity index is 259. The summed E-state index contributed by atoms with van der Waals surface area (Å²) >= 11 is 0. The van der Waals surface area contributed by atoms with Crippen molar-refractivity contribution in [2.75, 3.05) is 6.61 Å². The molecule has 0 aliphatic heterocycles. The van der Waals surface area contributed by atoms with Crippen LogP contribution in [0.15, 0.2) is 24.3 Å². The van der Waals surface area contributed by atoms with Gasteiger partial charge >= 0.3 is 7.32 Å². The van der Waals surface area contributed by atoms with Gasteiger partial charge in [-0.1, -0.05) is 25.5 Å². The molecule has 16 heavy (non-hydrogen) atoms. The van der Waals surface area contributed by atoms with Crippen LogP contribution in [0.2, 0.25) is 0 Å². The number of benzene rings is 1. The molecule has 1 aromatic carbocycles. The van der Waals surface area contributed by atoms with Crippen molar-refractivity contribution in [3.05, 3.63) is 24.3 Å². The molecule has 0 bridgehead atoms. The Morgan fingerprint density at radius 2 is 1.62 bits per heavy atom. The van der Waals surface area contributed by atoms with E-state index in [4.69, 9.17) is 20.3 Å². The van der Waals surface area contributed by atoms with Gasteiger partial charge in [0.05, 0.1) is 0 Å². The Morgan fingerprint density at radius 1 is 1.12 bits per heavy atom. The number of rotatable bonds is 4. The average Bonchev–Trinajstić information content (AvgIpc) is 2.23. The first-order valence-corrected chi connectivity index (χ1v) is 5.02. The molecule has 0 atom stereocenters. The minimum absolute atomic E-state index is 0.0764. The van der Waals surface area contributed by atoms with E-state index in [9.17, 15) is 0 Å². The average molecular weight is 228 g/mol. The summed E-state index contributed by atoms with van der Waals surface area (Å²) in [7, 11) is -1.60. The highest BCUT2D eigenvalue weighted by Gasteiger charge is 2.05. The lowest BCUT2D eigenvalue weighted by Gasteiger charge is -1.97. The summed E-state index contributed by atoms with van der Waals surface area (Å²) in [6.45, 7) is 2.43. The zero-order valence-corrected chi connectivity index (χ0v) is 9.21. The monoisotopic (exact) mass is 228 g/mol.